The number of fused-ring (bicyclic) bond motifs is 2. The van der Waals surface area contributed by atoms with Gasteiger partial charge in [0.25, 0.3) is 0 Å². The molecule has 0 aliphatic carbocycles. The maximum Gasteiger partial charge on any atom is 0.231 e. The number of pyridine rings is 1. The van der Waals surface area contributed by atoms with Crippen LogP contribution >= 0.6 is 11.6 Å². The van der Waals surface area contributed by atoms with Gasteiger partial charge < -0.3 is 14.4 Å². The van der Waals surface area contributed by atoms with Crippen molar-refractivity contribution in [3.8, 4) is 11.5 Å². The zero-order chi connectivity index (χ0) is 23.8. The van der Waals surface area contributed by atoms with Crippen molar-refractivity contribution in [3.63, 3.8) is 0 Å². The summed E-state index contributed by atoms with van der Waals surface area (Å²) in [5.74, 6) is 1.57. The van der Waals surface area contributed by atoms with Gasteiger partial charge in [0.15, 0.2) is 11.5 Å². The molecule has 4 aromatic rings. The van der Waals surface area contributed by atoms with Gasteiger partial charge in [0.05, 0.1) is 23.4 Å². The fraction of sp³-hybridized carbons (Fsp3) is 0.333. The minimum absolute atomic E-state index is 0.265. The minimum Gasteiger partial charge on any atom is -0.454 e. The number of ether oxygens (including phenoxy) is 2. The highest BCUT2D eigenvalue weighted by molar-refractivity contribution is 6.31. The highest BCUT2D eigenvalue weighted by Gasteiger charge is 2.22. The Morgan fingerprint density at radius 2 is 1.80 bits per heavy atom. The van der Waals surface area contributed by atoms with Crippen molar-refractivity contribution < 1.29 is 9.47 Å². The number of halogens is 1. The van der Waals surface area contributed by atoms with Crippen LogP contribution in [-0.4, -0.2) is 59.2 Å². The second kappa shape index (κ2) is 9.40. The first-order valence-electron chi connectivity index (χ1n) is 12.1. The van der Waals surface area contributed by atoms with Crippen molar-refractivity contribution in [3.05, 3.63) is 76.7 Å². The van der Waals surface area contributed by atoms with E-state index in [1.807, 2.05) is 47.3 Å². The van der Waals surface area contributed by atoms with Gasteiger partial charge in [0, 0.05) is 67.5 Å². The van der Waals surface area contributed by atoms with Crippen molar-refractivity contribution in [2.24, 2.45) is 0 Å². The monoisotopic (exact) mass is 489 g/mol. The van der Waals surface area contributed by atoms with Crippen molar-refractivity contribution >= 4 is 28.2 Å². The van der Waals surface area contributed by atoms with Crippen LogP contribution in [0.5, 0.6) is 11.5 Å². The van der Waals surface area contributed by atoms with Crippen LogP contribution in [0.3, 0.4) is 0 Å². The molecule has 0 N–H and O–H groups in total. The number of rotatable bonds is 6. The molecule has 180 valence electrons. The lowest BCUT2D eigenvalue weighted by Gasteiger charge is -2.36. The largest absolute Gasteiger partial charge is 0.454 e. The molecule has 2 aliphatic heterocycles. The lowest BCUT2D eigenvalue weighted by Crippen LogP contribution is -2.47. The molecular weight excluding hydrogens is 462 g/mol. The SMILES string of the molecule is Cc1c(Cl)cccc1N1CCN(CCc2nn(Cc3ccccn3)c3cc4c(cc23)OCO4)CC1. The molecule has 4 heterocycles. The Labute approximate surface area is 209 Å². The summed E-state index contributed by atoms with van der Waals surface area (Å²) in [6, 6.07) is 16.3. The molecule has 6 rings (SSSR count). The Morgan fingerprint density at radius 1 is 0.971 bits per heavy atom. The van der Waals surface area contributed by atoms with E-state index in [9.17, 15) is 0 Å². The van der Waals surface area contributed by atoms with Crippen LogP contribution < -0.4 is 14.4 Å². The molecule has 0 bridgehead atoms. The highest BCUT2D eigenvalue weighted by Crippen LogP contribution is 2.37. The van der Waals surface area contributed by atoms with Crippen LogP contribution in [0, 0.1) is 6.92 Å². The molecule has 0 amide bonds. The van der Waals surface area contributed by atoms with E-state index in [1.165, 1.54) is 5.69 Å². The third kappa shape index (κ3) is 4.42. The van der Waals surface area contributed by atoms with Gasteiger partial charge in [-0.25, -0.2) is 0 Å². The maximum atomic E-state index is 6.35. The van der Waals surface area contributed by atoms with Gasteiger partial charge in [-0.2, -0.15) is 5.10 Å². The molecule has 2 aliphatic rings. The van der Waals surface area contributed by atoms with E-state index in [4.69, 9.17) is 26.2 Å². The first-order valence-corrected chi connectivity index (χ1v) is 12.4. The predicted molar refractivity (Wildman–Crippen MR) is 138 cm³/mol. The van der Waals surface area contributed by atoms with Gasteiger partial charge in [0.1, 0.15) is 0 Å². The maximum absolute atomic E-state index is 6.35. The summed E-state index contributed by atoms with van der Waals surface area (Å²) in [6.45, 7) is 7.98. The summed E-state index contributed by atoms with van der Waals surface area (Å²) >= 11 is 6.35. The Balaban J connectivity index is 1.18. The Bertz CT molecular complexity index is 1350. The molecular formula is C27H28ClN5O2. The van der Waals surface area contributed by atoms with E-state index in [2.05, 4.69) is 33.8 Å². The molecule has 0 radical (unpaired) electrons. The van der Waals surface area contributed by atoms with E-state index in [-0.39, 0.29) is 6.79 Å². The third-order valence-electron chi connectivity index (χ3n) is 6.98. The van der Waals surface area contributed by atoms with Gasteiger partial charge in [-0.05, 0) is 42.8 Å². The van der Waals surface area contributed by atoms with Crippen LogP contribution in [0.4, 0.5) is 5.69 Å². The predicted octanol–water partition coefficient (Wildman–Crippen LogP) is 4.53. The van der Waals surface area contributed by atoms with E-state index in [0.29, 0.717) is 6.54 Å². The fourth-order valence-corrected chi connectivity index (χ4v) is 5.16. The first-order chi connectivity index (χ1) is 17.2. The molecule has 8 heteroatoms. The van der Waals surface area contributed by atoms with Crippen LogP contribution in [0.2, 0.25) is 5.02 Å². The molecule has 2 aromatic carbocycles. The van der Waals surface area contributed by atoms with E-state index in [1.54, 1.807) is 0 Å². The van der Waals surface area contributed by atoms with Crippen LogP contribution in [0.15, 0.2) is 54.7 Å². The number of benzene rings is 2. The van der Waals surface area contributed by atoms with Gasteiger partial charge in [-0.15, -0.1) is 0 Å². The Hall–Kier alpha value is -3.29. The van der Waals surface area contributed by atoms with Gasteiger partial charge in [-0.3, -0.25) is 14.6 Å². The molecule has 35 heavy (non-hydrogen) atoms. The van der Waals surface area contributed by atoms with Gasteiger partial charge in [0.2, 0.25) is 6.79 Å². The number of hydrogen-bond acceptors (Lipinski definition) is 6. The lowest BCUT2D eigenvalue weighted by atomic mass is 10.1. The van der Waals surface area contributed by atoms with Gasteiger partial charge in [-0.1, -0.05) is 23.7 Å². The highest BCUT2D eigenvalue weighted by atomic mass is 35.5. The van der Waals surface area contributed by atoms with Crippen LogP contribution in [-0.2, 0) is 13.0 Å². The molecule has 0 saturated carbocycles. The van der Waals surface area contributed by atoms with E-state index >= 15 is 0 Å². The molecule has 0 atom stereocenters. The molecule has 0 unspecified atom stereocenters. The molecule has 1 saturated heterocycles. The summed E-state index contributed by atoms with van der Waals surface area (Å²) < 4.78 is 13.3. The van der Waals surface area contributed by atoms with Gasteiger partial charge >= 0.3 is 0 Å². The third-order valence-corrected chi connectivity index (χ3v) is 7.39. The van der Waals surface area contributed by atoms with Crippen LogP contribution in [0.25, 0.3) is 10.9 Å². The van der Waals surface area contributed by atoms with Crippen LogP contribution in [0.1, 0.15) is 17.0 Å². The summed E-state index contributed by atoms with van der Waals surface area (Å²) in [5, 5.41) is 6.96. The zero-order valence-electron chi connectivity index (χ0n) is 19.8. The number of aromatic nitrogens is 3. The normalized spacial score (nSPS) is 15.8. The average molecular weight is 490 g/mol. The van der Waals surface area contributed by atoms with Crippen molar-refractivity contribution in [2.45, 2.75) is 19.9 Å². The molecule has 0 spiro atoms. The van der Waals surface area contributed by atoms with E-state index < -0.39 is 0 Å². The van der Waals surface area contributed by atoms with E-state index in [0.717, 1.165) is 83.5 Å². The number of hydrogen-bond donors (Lipinski definition) is 0. The second-order valence-corrected chi connectivity index (χ2v) is 9.52. The lowest BCUT2D eigenvalue weighted by molar-refractivity contribution is 0.174. The standard InChI is InChI=1S/C27H28ClN5O2/c1-19-22(28)6-4-7-24(19)32-13-11-31(12-14-32)10-8-23-21-15-26-27(35-18-34-26)16-25(21)33(30-23)17-20-5-2-3-9-29-20/h2-7,9,15-16H,8,10-14,17-18H2,1H3. The average Bonchev–Trinajstić information content (AvgIpc) is 3.48. The number of piperazine rings is 1. The Kier molecular flexibility index (Phi) is 5.96. The summed E-state index contributed by atoms with van der Waals surface area (Å²) in [5.41, 5.74) is 5.52. The quantitative estimate of drug-likeness (QED) is 0.396. The molecule has 1 fully saturated rings. The first kappa shape index (κ1) is 22.2. The molecule has 2 aromatic heterocycles. The summed E-state index contributed by atoms with van der Waals surface area (Å²) in [4.78, 5) is 9.45. The number of nitrogens with zero attached hydrogens (tertiary/aromatic N) is 5. The Morgan fingerprint density at radius 3 is 2.60 bits per heavy atom. The summed E-state index contributed by atoms with van der Waals surface area (Å²) in [7, 11) is 0. The second-order valence-electron chi connectivity index (χ2n) is 9.11. The smallest absolute Gasteiger partial charge is 0.231 e. The summed E-state index contributed by atoms with van der Waals surface area (Å²) in [6.07, 6.45) is 2.70. The van der Waals surface area contributed by atoms with Crippen molar-refractivity contribution in [1.29, 1.82) is 0 Å². The molecule has 7 nitrogen and oxygen atoms in total. The fourth-order valence-electron chi connectivity index (χ4n) is 4.99. The van der Waals surface area contributed by atoms with Crippen molar-refractivity contribution in [1.82, 2.24) is 19.7 Å². The number of anilines is 1. The minimum atomic E-state index is 0.265. The zero-order valence-corrected chi connectivity index (χ0v) is 20.5. The topological polar surface area (TPSA) is 55.7 Å². The van der Waals surface area contributed by atoms with Crippen molar-refractivity contribution in [2.75, 3.05) is 44.4 Å².